The van der Waals surface area contributed by atoms with Crippen LogP contribution in [0.1, 0.15) is 39.2 Å². The van der Waals surface area contributed by atoms with Crippen molar-refractivity contribution in [2.24, 2.45) is 0 Å². The fourth-order valence-electron chi connectivity index (χ4n) is 2.46. The quantitative estimate of drug-likeness (QED) is 0.933. The topological polar surface area (TPSA) is 42.0 Å². The molecular weight excluding hydrogens is 256 g/mol. The number of pyridine rings is 1. The fraction of sp³-hybridized carbons (Fsp3) is 0.333. The van der Waals surface area contributed by atoms with Crippen molar-refractivity contribution in [1.29, 1.82) is 0 Å². The molecule has 1 aliphatic rings. The molecule has 0 unspecified atom stereocenters. The summed E-state index contributed by atoms with van der Waals surface area (Å²) in [5.41, 5.74) is 3.24. The van der Waals surface area contributed by atoms with Crippen molar-refractivity contribution in [2.45, 2.75) is 32.2 Å². The summed E-state index contributed by atoms with van der Waals surface area (Å²) in [4.78, 5) is 17.6. The summed E-state index contributed by atoms with van der Waals surface area (Å²) in [5, 5.41) is 5.00. The summed E-state index contributed by atoms with van der Waals surface area (Å²) in [6.07, 6.45) is 8.14. The lowest BCUT2D eigenvalue weighted by atomic mass is 9.95. The normalized spacial score (nSPS) is 13.9. The van der Waals surface area contributed by atoms with Gasteiger partial charge in [-0.15, -0.1) is 11.3 Å². The number of aromatic nitrogens is 1. The fourth-order valence-corrected chi connectivity index (χ4v) is 3.59. The standard InChI is InChI=1S/C15H16N2OS/c18-15(17-9-11-5-7-16-8-6-11)13-10-19-14-4-2-1-3-12(13)14/h5-8,10H,1-4,9H2,(H,17,18). The van der Waals surface area contributed by atoms with Gasteiger partial charge in [0.1, 0.15) is 0 Å². The van der Waals surface area contributed by atoms with Gasteiger partial charge < -0.3 is 5.32 Å². The Balaban J connectivity index is 1.69. The molecule has 0 radical (unpaired) electrons. The number of fused-ring (bicyclic) bond motifs is 1. The highest BCUT2D eigenvalue weighted by Crippen LogP contribution is 2.30. The molecular formula is C15H16N2OS. The van der Waals surface area contributed by atoms with Crippen molar-refractivity contribution < 1.29 is 4.79 Å². The van der Waals surface area contributed by atoms with E-state index in [1.807, 2.05) is 17.5 Å². The van der Waals surface area contributed by atoms with Crippen LogP contribution < -0.4 is 5.32 Å². The molecule has 2 aromatic heterocycles. The van der Waals surface area contributed by atoms with E-state index in [0.29, 0.717) is 6.54 Å². The molecule has 0 fully saturated rings. The molecule has 1 aliphatic carbocycles. The number of hydrogen-bond donors (Lipinski definition) is 1. The third-order valence-electron chi connectivity index (χ3n) is 3.51. The Labute approximate surface area is 116 Å². The highest BCUT2D eigenvalue weighted by atomic mass is 32.1. The molecule has 2 heterocycles. The largest absolute Gasteiger partial charge is 0.348 e. The van der Waals surface area contributed by atoms with E-state index in [2.05, 4.69) is 10.3 Å². The zero-order valence-electron chi connectivity index (χ0n) is 10.7. The van der Waals surface area contributed by atoms with E-state index in [9.17, 15) is 4.79 Å². The molecule has 3 rings (SSSR count). The summed E-state index contributed by atoms with van der Waals surface area (Å²) in [5.74, 6) is 0.0520. The first kappa shape index (κ1) is 12.4. The van der Waals surface area contributed by atoms with Crippen molar-refractivity contribution in [2.75, 3.05) is 0 Å². The van der Waals surface area contributed by atoms with E-state index in [1.54, 1.807) is 23.7 Å². The molecule has 0 aliphatic heterocycles. The van der Waals surface area contributed by atoms with Crippen LogP contribution in [0, 0.1) is 0 Å². The molecule has 19 heavy (non-hydrogen) atoms. The minimum atomic E-state index is 0.0520. The molecule has 0 saturated heterocycles. The minimum absolute atomic E-state index is 0.0520. The summed E-state index contributed by atoms with van der Waals surface area (Å²) in [7, 11) is 0. The third kappa shape index (κ3) is 2.68. The van der Waals surface area contributed by atoms with Crippen molar-refractivity contribution in [3.63, 3.8) is 0 Å². The van der Waals surface area contributed by atoms with Crippen LogP contribution in [-0.4, -0.2) is 10.9 Å². The molecule has 3 nitrogen and oxygen atoms in total. The number of carbonyl (C=O) groups excluding carboxylic acids is 1. The van der Waals surface area contributed by atoms with Crippen LogP contribution in [0.5, 0.6) is 0 Å². The number of amides is 1. The van der Waals surface area contributed by atoms with Crippen molar-refractivity contribution in [3.05, 3.63) is 51.5 Å². The number of nitrogens with one attached hydrogen (secondary N) is 1. The van der Waals surface area contributed by atoms with E-state index < -0.39 is 0 Å². The number of hydrogen-bond acceptors (Lipinski definition) is 3. The van der Waals surface area contributed by atoms with Gasteiger partial charge in [0, 0.05) is 29.2 Å². The Morgan fingerprint density at radius 1 is 1.26 bits per heavy atom. The molecule has 1 N–H and O–H groups in total. The molecule has 0 spiro atoms. The van der Waals surface area contributed by atoms with Crippen LogP contribution in [0.25, 0.3) is 0 Å². The van der Waals surface area contributed by atoms with E-state index in [1.165, 1.54) is 23.3 Å². The van der Waals surface area contributed by atoms with Gasteiger partial charge >= 0.3 is 0 Å². The van der Waals surface area contributed by atoms with Crippen molar-refractivity contribution in [3.8, 4) is 0 Å². The van der Waals surface area contributed by atoms with E-state index in [0.717, 1.165) is 24.0 Å². The highest BCUT2D eigenvalue weighted by Gasteiger charge is 2.19. The van der Waals surface area contributed by atoms with Gasteiger partial charge in [0.2, 0.25) is 0 Å². The molecule has 4 heteroatoms. The number of rotatable bonds is 3. The number of carbonyl (C=O) groups is 1. The molecule has 0 bridgehead atoms. The van der Waals surface area contributed by atoms with Crippen molar-refractivity contribution >= 4 is 17.2 Å². The smallest absolute Gasteiger partial charge is 0.252 e. The van der Waals surface area contributed by atoms with Crippen LogP contribution in [0.4, 0.5) is 0 Å². The predicted molar refractivity (Wildman–Crippen MR) is 76.4 cm³/mol. The number of aryl methyl sites for hydroxylation is 1. The minimum Gasteiger partial charge on any atom is -0.348 e. The van der Waals surface area contributed by atoms with Gasteiger partial charge in [0.15, 0.2) is 0 Å². The third-order valence-corrected chi connectivity index (χ3v) is 4.60. The Morgan fingerprint density at radius 2 is 2.05 bits per heavy atom. The number of nitrogens with zero attached hydrogens (tertiary/aromatic N) is 1. The molecule has 1 amide bonds. The Bertz CT molecular complexity index is 577. The first-order chi connectivity index (χ1) is 9.34. The van der Waals surface area contributed by atoms with Crippen LogP contribution in [0.2, 0.25) is 0 Å². The van der Waals surface area contributed by atoms with E-state index >= 15 is 0 Å². The lowest BCUT2D eigenvalue weighted by Gasteiger charge is -2.12. The summed E-state index contributed by atoms with van der Waals surface area (Å²) in [6.45, 7) is 0.561. The second kappa shape index (κ2) is 5.53. The molecule has 98 valence electrons. The second-order valence-electron chi connectivity index (χ2n) is 4.80. The van der Waals surface area contributed by atoms with Gasteiger partial charge in [-0.2, -0.15) is 0 Å². The van der Waals surface area contributed by atoms with E-state index in [4.69, 9.17) is 0 Å². The summed E-state index contributed by atoms with van der Waals surface area (Å²) >= 11 is 1.73. The maximum absolute atomic E-state index is 12.2. The van der Waals surface area contributed by atoms with Gasteiger partial charge in [-0.3, -0.25) is 9.78 Å². The first-order valence-corrected chi connectivity index (χ1v) is 7.49. The predicted octanol–water partition coefficient (Wildman–Crippen LogP) is 2.95. The second-order valence-corrected chi connectivity index (χ2v) is 5.76. The molecule has 2 aromatic rings. The lowest BCUT2D eigenvalue weighted by molar-refractivity contribution is 0.0950. The Morgan fingerprint density at radius 3 is 2.89 bits per heavy atom. The van der Waals surface area contributed by atoms with Crippen LogP contribution in [-0.2, 0) is 19.4 Å². The van der Waals surface area contributed by atoms with E-state index in [-0.39, 0.29) is 5.91 Å². The summed E-state index contributed by atoms with van der Waals surface area (Å²) in [6, 6.07) is 3.84. The SMILES string of the molecule is O=C(NCc1ccncc1)c1csc2c1CCCC2. The van der Waals surface area contributed by atoms with Crippen molar-refractivity contribution in [1.82, 2.24) is 10.3 Å². The average Bonchev–Trinajstić information content (AvgIpc) is 2.90. The van der Waals surface area contributed by atoms with Gasteiger partial charge in [-0.05, 0) is 48.9 Å². The maximum atomic E-state index is 12.2. The highest BCUT2D eigenvalue weighted by molar-refractivity contribution is 7.10. The Kier molecular flexibility index (Phi) is 3.60. The monoisotopic (exact) mass is 272 g/mol. The zero-order valence-corrected chi connectivity index (χ0v) is 11.5. The summed E-state index contributed by atoms with van der Waals surface area (Å²) < 4.78 is 0. The van der Waals surface area contributed by atoms with Gasteiger partial charge in [0.25, 0.3) is 5.91 Å². The Hall–Kier alpha value is -1.68. The number of thiophene rings is 1. The maximum Gasteiger partial charge on any atom is 0.252 e. The molecule has 0 atom stereocenters. The van der Waals surface area contributed by atoms with Crippen LogP contribution in [0.3, 0.4) is 0 Å². The lowest BCUT2D eigenvalue weighted by Crippen LogP contribution is -2.23. The molecule has 0 saturated carbocycles. The zero-order chi connectivity index (χ0) is 13.1. The first-order valence-electron chi connectivity index (χ1n) is 6.61. The van der Waals surface area contributed by atoms with Gasteiger partial charge in [0.05, 0.1) is 5.56 Å². The van der Waals surface area contributed by atoms with Gasteiger partial charge in [-0.25, -0.2) is 0 Å². The van der Waals surface area contributed by atoms with Crippen LogP contribution >= 0.6 is 11.3 Å². The van der Waals surface area contributed by atoms with Crippen LogP contribution in [0.15, 0.2) is 29.9 Å². The molecule has 0 aromatic carbocycles. The average molecular weight is 272 g/mol. The van der Waals surface area contributed by atoms with Gasteiger partial charge in [-0.1, -0.05) is 0 Å².